The Balaban J connectivity index is 1.75. The first-order valence-corrected chi connectivity index (χ1v) is 9.26. The molecular weight excluding hydrogens is 367 g/mol. The van der Waals surface area contributed by atoms with Gasteiger partial charge >= 0.3 is 6.03 Å². The number of carbonyl (C=O) groups excluding carboxylic acids is 3. The van der Waals surface area contributed by atoms with Gasteiger partial charge in [-0.15, -0.1) is 0 Å². The first-order chi connectivity index (χ1) is 13.4. The molecular formula is C19H27FN4O4. The molecule has 0 aromatic heterocycles. The van der Waals surface area contributed by atoms with Crippen LogP contribution < -0.4 is 15.5 Å². The van der Waals surface area contributed by atoms with Gasteiger partial charge in [0.15, 0.2) is 5.78 Å². The molecule has 1 heterocycles. The zero-order valence-electron chi connectivity index (χ0n) is 16.3. The summed E-state index contributed by atoms with van der Waals surface area (Å²) in [6.45, 7) is 4.39. The Morgan fingerprint density at radius 1 is 1.11 bits per heavy atom. The van der Waals surface area contributed by atoms with Gasteiger partial charge in [0.2, 0.25) is 5.91 Å². The highest BCUT2D eigenvalue weighted by Gasteiger charge is 2.23. The summed E-state index contributed by atoms with van der Waals surface area (Å²) < 4.78 is 19.1. The normalized spacial score (nSPS) is 14.0. The Morgan fingerprint density at radius 3 is 2.43 bits per heavy atom. The van der Waals surface area contributed by atoms with Crippen LogP contribution in [0.25, 0.3) is 0 Å². The number of carbonyl (C=O) groups is 3. The van der Waals surface area contributed by atoms with Gasteiger partial charge in [0, 0.05) is 58.4 Å². The van der Waals surface area contributed by atoms with E-state index in [1.165, 1.54) is 13.0 Å². The quantitative estimate of drug-likeness (QED) is 0.507. The van der Waals surface area contributed by atoms with Crippen molar-refractivity contribution in [1.82, 2.24) is 15.5 Å². The van der Waals surface area contributed by atoms with Crippen molar-refractivity contribution in [3.8, 4) is 0 Å². The number of nitrogens with zero attached hydrogens (tertiary/aromatic N) is 2. The number of hydrogen-bond acceptors (Lipinski definition) is 5. The van der Waals surface area contributed by atoms with Crippen LogP contribution in [-0.2, 0) is 9.53 Å². The van der Waals surface area contributed by atoms with E-state index < -0.39 is 5.82 Å². The highest BCUT2D eigenvalue weighted by atomic mass is 19.1. The molecule has 0 aliphatic carbocycles. The molecule has 1 fully saturated rings. The Labute approximate surface area is 164 Å². The van der Waals surface area contributed by atoms with Crippen LogP contribution in [0.4, 0.5) is 14.9 Å². The van der Waals surface area contributed by atoms with Gasteiger partial charge in [-0.3, -0.25) is 9.59 Å². The average Bonchev–Trinajstić information content (AvgIpc) is 2.68. The van der Waals surface area contributed by atoms with Crippen LogP contribution in [0.2, 0.25) is 0 Å². The summed E-state index contributed by atoms with van der Waals surface area (Å²) in [4.78, 5) is 38.6. The molecule has 1 aliphatic rings. The number of ketones is 1. The third kappa shape index (κ3) is 6.19. The molecule has 0 saturated carbocycles. The number of methoxy groups -OCH3 is 1. The van der Waals surface area contributed by atoms with Gasteiger partial charge < -0.3 is 25.2 Å². The lowest BCUT2D eigenvalue weighted by Crippen LogP contribution is -2.52. The Hall–Kier alpha value is -2.68. The maximum Gasteiger partial charge on any atom is 0.317 e. The lowest BCUT2D eigenvalue weighted by atomic mass is 10.1. The smallest absolute Gasteiger partial charge is 0.317 e. The fourth-order valence-corrected chi connectivity index (χ4v) is 2.91. The predicted molar refractivity (Wildman–Crippen MR) is 103 cm³/mol. The lowest BCUT2D eigenvalue weighted by Gasteiger charge is -2.36. The van der Waals surface area contributed by atoms with E-state index in [0.29, 0.717) is 50.6 Å². The van der Waals surface area contributed by atoms with Crippen LogP contribution in [0.3, 0.4) is 0 Å². The third-order valence-electron chi connectivity index (χ3n) is 4.52. The first-order valence-electron chi connectivity index (χ1n) is 9.26. The van der Waals surface area contributed by atoms with E-state index in [4.69, 9.17) is 4.74 Å². The van der Waals surface area contributed by atoms with Gasteiger partial charge in [-0.2, -0.15) is 0 Å². The molecule has 3 amide bonds. The minimum Gasteiger partial charge on any atom is -0.383 e. The molecule has 9 heteroatoms. The molecule has 0 spiro atoms. The maximum atomic E-state index is 14.3. The topological polar surface area (TPSA) is 91.0 Å². The maximum absolute atomic E-state index is 14.3. The summed E-state index contributed by atoms with van der Waals surface area (Å²) in [5.41, 5.74) is 0.767. The van der Waals surface area contributed by atoms with E-state index in [1.54, 1.807) is 24.1 Å². The molecule has 1 saturated heterocycles. The van der Waals surface area contributed by atoms with Crippen molar-refractivity contribution < 1.29 is 23.5 Å². The van der Waals surface area contributed by atoms with Gasteiger partial charge in [-0.1, -0.05) is 0 Å². The van der Waals surface area contributed by atoms with Crippen molar-refractivity contribution in [2.24, 2.45) is 0 Å². The molecule has 1 aromatic rings. The highest BCUT2D eigenvalue weighted by Crippen LogP contribution is 2.22. The van der Waals surface area contributed by atoms with Crippen molar-refractivity contribution in [2.75, 3.05) is 57.9 Å². The van der Waals surface area contributed by atoms with E-state index in [1.807, 2.05) is 4.90 Å². The fraction of sp³-hybridized carbons (Fsp3) is 0.526. The van der Waals surface area contributed by atoms with Gasteiger partial charge in [-0.05, 0) is 25.1 Å². The highest BCUT2D eigenvalue weighted by molar-refractivity contribution is 5.94. The van der Waals surface area contributed by atoms with Crippen molar-refractivity contribution in [3.63, 3.8) is 0 Å². The second-order valence-electron chi connectivity index (χ2n) is 6.52. The molecule has 0 atom stereocenters. The van der Waals surface area contributed by atoms with E-state index in [9.17, 15) is 18.8 Å². The lowest BCUT2D eigenvalue weighted by molar-refractivity contribution is -0.121. The summed E-state index contributed by atoms with van der Waals surface area (Å²) in [6, 6.07) is 4.22. The van der Waals surface area contributed by atoms with E-state index in [-0.39, 0.29) is 30.7 Å². The molecule has 0 unspecified atom stereocenters. The van der Waals surface area contributed by atoms with E-state index >= 15 is 0 Å². The van der Waals surface area contributed by atoms with E-state index in [2.05, 4.69) is 10.6 Å². The average molecular weight is 394 g/mol. The van der Waals surface area contributed by atoms with Crippen molar-refractivity contribution in [2.45, 2.75) is 13.3 Å². The number of halogens is 1. The molecule has 28 heavy (non-hydrogen) atoms. The van der Waals surface area contributed by atoms with Crippen LogP contribution in [0.5, 0.6) is 0 Å². The standard InChI is InChI=1S/C19H27FN4O4/c1-14(25)15-3-4-17(16(20)13-15)23-8-10-24(11-9-23)19(27)22-6-5-18(26)21-7-12-28-2/h3-4,13H,5-12H2,1-2H3,(H,21,26)(H,22,27). The number of nitrogens with one attached hydrogen (secondary N) is 2. The zero-order valence-corrected chi connectivity index (χ0v) is 16.3. The molecule has 2 rings (SSSR count). The van der Waals surface area contributed by atoms with Crippen molar-refractivity contribution in [3.05, 3.63) is 29.6 Å². The van der Waals surface area contributed by atoms with Crippen molar-refractivity contribution in [1.29, 1.82) is 0 Å². The number of benzene rings is 1. The summed E-state index contributed by atoms with van der Waals surface area (Å²) in [5, 5.41) is 5.41. The number of hydrogen-bond donors (Lipinski definition) is 2. The molecule has 1 aromatic carbocycles. The molecule has 154 valence electrons. The van der Waals surface area contributed by atoms with Gasteiger partial charge in [-0.25, -0.2) is 9.18 Å². The SMILES string of the molecule is COCCNC(=O)CCNC(=O)N1CCN(c2ccc(C(C)=O)cc2F)CC1. The van der Waals surface area contributed by atoms with Crippen LogP contribution >= 0.6 is 0 Å². The summed E-state index contributed by atoms with van der Waals surface area (Å²) in [6.07, 6.45) is 0.198. The minimum atomic E-state index is -0.440. The van der Waals surface area contributed by atoms with Crippen LogP contribution in [0.15, 0.2) is 18.2 Å². The van der Waals surface area contributed by atoms with Gasteiger partial charge in [0.05, 0.1) is 12.3 Å². The second-order valence-corrected chi connectivity index (χ2v) is 6.52. The fourth-order valence-electron chi connectivity index (χ4n) is 2.91. The molecule has 8 nitrogen and oxygen atoms in total. The number of rotatable bonds is 8. The van der Waals surface area contributed by atoms with Crippen molar-refractivity contribution >= 4 is 23.4 Å². The molecule has 0 bridgehead atoms. The Morgan fingerprint density at radius 2 is 1.82 bits per heavy atom. The third-order valence-corrected chi connectivity index (χ3v) is 4.52. The summed E-state index contributed by atoms with van der Waals surface area (Å²) in [5.74, 6) is -0.768. The number of ether oxygens (including phenoxy) is 1. The summed E-state index contributed by atoms with van der Waals surface area (Å²) in [7, 11) is 1.56. The zero-order chi connectivity index (χ0) is 20.5. The number of piperazine rings is 1. The largest absolute Gasteiger partial charge is 0.383 e. The number of anilines is 1. The predicted octanol–water partition coefficient (Wildman–Crippen LogP) is 1.01. The molecule has 1 aliphatic heterocycles. The minimum absolute atomic E-state index is 0.147. The van der Waals surface area contributed by atoms with Crippen LogP contribution in [-0.4, -0.2) is 75.6 Å². The Bertz CT molecular complexity index is 705. The van der Waals surface area contributed by atoms with E-state index in [0.717, 1.165) is 0 Å². The second kappa shape index (κ2) is 10.6. The number of Topliss-reactive ketones (excluding diaryl/α,β-unsaturated/α-hetero) is 1. The number of amides is 3. The summed E-state index contributed by atoms with van der Waals surface area (Å²) >= 11 is 0. The van der Waals surface area contributed by atoms with Gasteiger partial charge in [0.25, 0.3) is 0 Å². The molecule has 2 N–H and O–H groups in total. The van der Waals surface area contributed by atoms with Gasteiger partial charge in [0.1, 0.15) is 5.82 Å². The number of urea groups is 1. The Kier molecular flexibility index (Phi) is 8.19. The monoisotopic (exact) mass is 394 g/mol. The van der Waals surface area contributed by atoms with Crippen LogP contribution in [0, 0.1) is 5.82 Å². The van der Waals surface area contributed by atoms with Crippen LogP contribution in [0.1, 0.15) is 23.7 Å². The first kappa shape index (κ1) is 21.6. The molecule has 0 radical (unpaired) electrons.